The molecule has 8 rings (SSSR count). The summed E-state index contributed by atoms with van der Waals surface area (Å²) in [6.45, 7) is 19.4. The minimum Gasteiger partial charge on any atom is -0.494 e. The van der Waals surface area contributed by atoms with Crippen molar-refractivity contribution in [2.45, 2.75) is 142 Å². The van der Waals surface area contributed by atoms with Gasteiger partial charge in [-0.2, -0.15) is 0 Å². The molecule has 478 valence electrons. The molecule has 4 fully saturated rings. The second-order valence-electron chi connectivity index (χ2n) is 24.2. The van der Waals surface area contributed by atoms with E-state index in [1.54, 1.807) is 82.6 Å². The zero-order chi connectivity index (χ0) is 62.7. The van der Waals surface area contributed by atoms with E-state index in [1.165, 1.54) is 24.3 Å². The second kappa shape index (κ2) is 32.8. The minimum atomic E-state index is -1.65. The van der Waals surface area contributed by atoms with Gasteiger partial charge in [0.25, 0.3) is 11.8 Å². The molecule has 4 saturated heterocycles. The van der Waals surface area contributed by atoms with Gasteiger partial charge in [0.1, 0.15) is 36.3 Å². The van der Waals surface area contributed by atoms with Gasteiger partial charge in [-0.05, 0) is 149 Å². The zero-order valence-corrected chi connectivity index (χ0v) is 52.2. The molecular weight excluding hydrogens is 1130 g/mol. The van der Waals surface area contributed by atoms with Gasteiger partial charge in [-0.25, -0.2) is 28.0 Å². The van der Waals surface area contributed by atoms with Crippen molar-refractivity contribution in [3.05, 3.63) is 131 Å². The number of amides is 4. The van der Waals surface area contributed by atoms with Gasteiger partial charge in [0, 0.05) is 75.6 Å². The predicted octanol–water partition coefficient (Wildman–Crippen LogP) is 10.2. The Labute approximate surface area is 517 Å². The first-order chi connectivity index (χ1) is 42.5. The predicted molar refractivity (Wildman–Crippen MR) is 327 cm³/mol. The average molecular weight is 1220 g/mol. The Hall–Kier alpha value is -7.32. The summed E-state index contributed by atoms with van der Waals surface area (Å²) in [6, 6.07) is 24.7. The van der Waals surface area contributed by atoms with Crippen LogP contribution in [0, 0.1) is 23.5 Å². The third-order valence-corrected chi connectivity index (χ3v) is 17.4. The van der Waals surface area contributed by atoms with Gasteiger partial charge in [0.15, 0.2) is 0 Å². The maximum absolute atomic E-state index is 15.5. The summed E-state index contributed by atoms with van der Waals surface area (Å²) in [7, 11) is 0. The van der Waals surface area contributed by atoms with Crippen LogP contribution in [0.5, 0.6) is 11.5 Å². The highest BCUT2D eigenvalue weighted by atomic mass is 19.1. The van der Waals surface area contributed by atoms with Gasteiger partial charge in [0.05, 0.1) is 25.3 Å². The van der Waals surface area contributed by atoms with Crippen LogP contribution in [0.1, 0.15) is 127 Å². The molecule has 0 radical (unpaired) electrons. The van der Waals surface area contributed by atoms with Gasteiger partial charge < -0.3 is 57.8 Å². The van der Waals surface area contributed by atoms with Crippen LogP contribution in [0.2, 0.25) is 0 Å². The number of ether oxygens (including phenoxy) is 6. The van der Waals surface area contributed by atoms with E-state index < -0.39 is 47.6 Å². The maximum atomic E-state index is 15.5. The van der Waals surface area contributed by atoms with Crippen molar-refractivity contribution in [3.63, 3.8) is 0 Å². The molecule has 4 heterocycles. The number of esters is 2. The fraction of sp³-hybridized carbons (Fsp3) is 0.559. The first-order valence-electron chi connectivity index (χ1n) is 31.8. The normalized spacial score (nSPS) is 18.5. The highest BCUT2D eigenvalue weighted by Crippen LogP contribution is 2.32. The lowest BCUT2D eigenvalue weighted by molar-refractivity contribution is -0.180. The third-order valence-electron chi connectivity index (χ3n) is 17.4. The summed E-state index contributed by atoms with van der Waals surface area (Å²) in [5.41, 5.74) is 2.11. The fourth-order valence-electron chi connectivity index (χ4n) is 12.2. The number of hydrogen-bond acceptors (Lipinski definition) is 14. The second-order valence-corrected chi connectivity index (χ2v) is 24.2. The molecule has 0 N–H and O–H groups in total. The summed E-state index contributed by atoms with van der Waals surface area (Å²) >= 11 is 0. The Morgan fingerprint density at radius 3 is 1.20 bits per heavy atom. The first-order valence-corrected chi connectivity index (χ1v) is 31.8. The van der Waals surface area contributed by atoms with Crippen molar-refractivity contribution >= 4 is 35.9 Å². The number of hydrogen-bond donors (Lipinski definition) is 0. The molecule has 4 unspecified atom stereocenters. The Morgan fingerprint density at radius 2 is 0.875 bits per heavy atom. The quantitative estimate of drug-likeness (QED) is 0.0274. The number of halogens is 2. The molecule has 4 aromatic rings. The summed E-state index contributed by atoms with van der Waals surface area (Å²) in [6.07, 6.45) is 2.06. The highest BCUT2D eigenvalue weighted by molar-refractivity contribution is 6.30. The molecule has 0 spiro atoms. The van der Waals surface area contributed by atoms with Crippen LogP contribution < -0.4 is 9.47 Å². The van der Waals surface area contributed by atoms with Crippen LogP contribution in [-0.4, -0.2) is 181 Å². The van der Waals surface area contributed by atoms with Crippen molar-refractivity contribution in [2.75, 3.05) is 91.9 Å². The van der Waals surface area contributed by atoms with Crippen molar-refractivity contribution in [1.29, 1.82) is 0 Å². The number of benzene rings is 4. The van der Waals surface area contributed by atoms with Gasteiger partial charge >= 0.3 is 24.1 Å². The monoisotopic (exact) mass is 1220 g/mol. The minimum absolute atomic E-state index is 0.0244. The van der Waals surface area contributed by atoms with Crippen molar-refractivity contribution in [1.82, 2.24) is 29.4 Å². The van der Waals surface area contributed by atoms with E-state index in [-0.39, 0.29) is 72.4 Å². The highest BCUT2D eigenvalue weighted by Gasteiger charge is 2.41. The number of cyclic esters (lactones) is 2. The number of rotatable bonds is 30. The van der Waals surface area contributed by atoms with Crippen molar-refractivity contribution < 1.29 is 66.0 Å². The van der Waals surface area contributed by atoms with E-state index >= 15 is 9.59 Å². The van der Waals surface area contributed by atoms with E-state index in [4.69, 9.17) is 28.4 Å². The molecule has 88 heavy (non-hydrogen) atoms. The van der Waals surface area contributed by atoms with Gasteiger partial charge in [-0.1, -0.05) is 90.1 Å². The van der Waals surface area contributed by atoms with E-state index in [1.807, 2.05) is 23.6 Å². The molecule has 4 aliphatic heterocycles. The van der Waals surface area contributed by atoms with E-state index in [0.717, 1.165) is 49.9 Å². The Kier molecular flexibility index (Phi) is 24.8. The van der Waals surface area contributed by atoms with Crippen LogP contribution in [0.15, 0.2) is 97.1 Å². The molecule has 4 atom stereocenters. The molecule has 0 bridgehead atoms. The standard InChI is InChI=1S/C68H90F2N6O12/c1-7-43-83-57-23-15-51(16-24-57)61(63(77)73(41-27-49-11-19-53(69)20-12-49)55-29-37-71(38-30-55)33-9-35-75-59(47(3)4)45-85-67(75)81)87-65(79)66(80)88-62(52-17-25-58(26-18-52)84-44-8-2)64(78)74(42-28-50-13-21-54(70)22-14-50)56-31-39-72(40-32-56)34-10-36-76-60(48(5)6)46-86-68(76)82/h11-26,47-48,55-56,59-62H,7-10,27-46H2,1-6H3. The molecule has 20 heteroatoms. The number of nitrogens with zero attached hydrogens (tertiary/aromatic N) is 6. The lowest BCUT2D eigenvalue weighted by Crippen LogP contribution is -2.51. The molecule has 0 aromatic heterocycles. The zero-order valence-electron chi connectivity index (χ0n) is 52.2. The van der Waals surface area contributed by atoms with Gasteiger partial charge in [0.2, 0.25) is 12.2 Å². The van der Waals surface area contributed by atoms with Crippen molar-refractivity contribution in [3.8, 4) is 11.5 Å². The molecule has 0 aliphatic carbocycles. The summed E-state index contributed by atoms with van der Waals surface area (Å²) in [5, 5.41) is 0. The SMILES string of the molecule is CCCOc1ccc(C(OC(=O)C(=O)OC(C(=O)N(CCc2ccc(F)cc2)C2CCN(CCCN3C(=O)OCC3C(C)C)CC2)c2ccc(OCCC)cc2)C(=O)N(CCc2ccc(F)cc2)C2CCN(CCCN3C(=O)OCC3C(C)C)CC2)cc1. The number of likely N-dealkylation sites (tertiary alicyclic amines) is 2. The molecule has 4 aromatic carbocycles. The van der Waals surface area contributed by atoms with Crippen LogP contribution in [0.3, 0.4) is 0 Å². The first kappa shape index (κ1) is 66.6. The fourth-order valence-corrected chi connectivity index (χ4v) is 12.2. The molecule has 18 nitrogen and oxygen atoms in total. The van der Waals surface area contributed by atoms with Gasteiger partial charge in [-0.3, -0.25) is 9.59 Å². The Bertz CT molecular complexity index is 2690. The van der Waals surface area contributed by atoms with Crippen LogP contribution in [0.25, 0.3) is 0 Å². The summed E-state index contributed by atoms with van der Waals surface area (Å²) < 4.78 is 63.0. The average Bonchev–Trinajstić information content (AvgIpc) is 3.37. The van der Waals surface area contributed by atoms with Gasteiger partial charge in [-0.15, -0.1) is 0 Å². The van der Waals surface area contributed by atoms with E-state index in [9.17, 15) is 28.0 Å². The Balaban J connectivity index is 1.03. The lowest BCUT2D eigenvalue weighted by atomic mass is 9.99. The topological polar surface area (TPSA) is 177 Å². The van der Waals surface area contributed by atoms with Crippen molar-refractivity contribution in [2.24, 2.45) is 11.8 Å². The van der Waals surface area contributed by atoms with E-state index in [0.29, 0.717) is 116 Å². The number of carbonyl (C=O) groups is 6. The third kappa shape index (κ3) is 18.4. The number of carbonyl (C=O) groups excluding carboxylic acids is 6. The van der Waals surface area contributed by atoms with Crippen LogP contribution in [0.4, 0.5) is 18.4 Å². The summed E-state index contributed by atoms with van der Waals surface area (Å²) in [5.74, 6) is -3.38. The lowest BCUT2D eigenvalue weighted by Gasteiger charge is -2.40. The largest absolute Gasteiger partial charge is 0.494 e. The molecule has 0 saturated carbocycles. The smallest absolute Gasteiger partial charge is 0.418 e. The van der Waals surface area contributed by atoms with Crippen LogP contribution >= 0.6 is 0 Å². The summed E-state index contributed by atoms with van der Waals surface area (Å²) in [4.78, 5) is 97.1. The van der Waals surface area contributed by atoms with E-state index in [2.05, 4.69) is 37.5 Å². The molecular formula is C68H90F2N6O12. The Morgan fingerprint density at radius 1 is 0.523 bits per heavy atom. The molecule has 4 amide bonds. The number of piperidine rings is 2. The van der Waals surface area contributed by atoms with Crippen LogP contribution in [-0.2, 0) is 51.0 Å². The molecule has 4 aliphatic rings. The maximum Gasteiger partial charge on any atom is 0.418 e.